The number of rotatable bonds is 11. The van der Waals surface area contributed by atoms with Crippen molar-refractivity contribution in [2.45, 2.75) is 46.1 Å². The molecule has 0 aromatic rings. The molecule has 0 rings (SSSR count). The van der Waals surface area contributed by atoms with Crippen molar-refractivity contribution in [3.8, 4) is 0 Å². The molecule has 0 amide bonds. The maximum Gasteiger partial charge on any atom is 0.00355 e. The molecule has 0 atom stereocenters. The third-order valence-corrected chi connectivity index (χ3v) is 3.83. The van der Waals surface area contributed by atoms with E-state index in [1.165, 1.54) is 50.4 Å². The summed E-state index contributed by atoms with van der Waals surface area (Å²) in [7, 11) is 2.21. The van der Waals surface area contributed by atoms with Crippen LogP contribution in [0.3, 0.4) is 0 Å². The van der Waals surface area contributed by atoms with E-state index in [1.54, 1.807) is 0 Å². The Balaban J connectivity index is 3.04. The lowest BCUT2D eigenvalue weighted by atomic mass is 10.2. The minimum atomic E-state index is 0.680. The van der Waals surface area contributed by atoms with E-state index in [0.717, 1.165) is 0 Å². The standard InChI is InChI=1S/C13H30N2S/c1-5-16-12-8-10-14-9-6-7-11-15(4)13(2)3/h13-14H,5-12H2,1-4H3. The van der Waals surface area contributed by atoms with Crippen molar-refractivity contribution < 1.29 is 0 Å². The monoisotopic (exact) mass is 246 g/mol. The highest BCUT2D eigenvalue weighted by molar-refractivity contribution is 7.99. The second-order valence-corrected chi connectivity index (χ2v) is 5.98. The van der Waals surface area contributed by atoms with Gasteiger partial charge in [0.05, 0.1) is 0 Å². The highest BCUT2D eigenvalue weighted by Gasteiger charge is 2.01. The fourth-order valence-electron chi connectivity index (χ4n) is 1.44. The Hall–Kier alpha value is 0.270. The molecule has 0 spiro atoms. The van der Waals surface area contributed by atoms with Gasteiger partial charge in [-0.1, -0.05) is 6.92 Å². The van der Waals surface area contributed by atoms with Crippen molar-refractivity contribution in [3.63, 3.8) is 0 Å². The van der Waals surface area contributed by atoms with Crippen LogP contribution in [0.25, 0.3) is 0 Å². The molecule has 0 aromatic heterocycles. The van der Waals surface area contributed by atoms with E-state index in [9.17, 15) is 0 Å². The second kappa shape index (κ2) is 11.7. The summed E-state index contributed by atoms with van der Waals surface area (Å²) in [6, 6.07) is 0.680. The van der Waals surface area contributed by atoms with Gasteiger partial charge < -0.3 is 10.2 Å². The lowest BCUT2D eigenvalue weighted by molar-refractivity contribution is 0.268. The van der Waals surface area contributed by atoms with Gasteiger partial charge in [0.1, 0.15) is 0 Å². The van der Waals surface area contributed by atoms with Crippen molar-refractivity contribution in [2.24, 2.45) is 0 Å². The summed E-state index contributed by atoms with van der Waals surface area (Å²) < 4.78 is 0. The molecule has 0 radical (unpaired) electrons. The number of hydrogen-bond acceptors (Lipinski definition) is 3. The lowest BCUT2D eigenvalue weighted by Gasteiger charge is -2.20. The molecule has 0 aliphatic carbocycles. The van der Waals surface area contributed by atoms with Crippen molar-refractivity contribution in [1.29, 1.82) is 0 Å². The number of nitrogens with one attached hydrogen (secondary N) is 1. The summed E-state index contributed by atoms with van der Waals surface area (Å²) in [4.78, 5) is 2.41. The smallest absolute Gasteiger partial charge is 0.00355 e. The van der Waals surface area contributed by atoms with E-state index in [0.29, 0.717) is 6.04 Å². The van der Waals surface area contributed by atoms with Crippen LogP contribution in [-0.4, -0.2) is 49.1 Å². The van der Waals surface area contributed by atoms with Gasteiger partial charge in [-0.25, -0.2) is 0 Å². The molecular weight excluding hydrogens is 216 g/mol. The summed E-state index contributed by atoms with van der Waals surface area (Å²) in [5.74, 6) is 2.56. The average molecular weight is 246 g/mol. The van der Waals surface area contributed by atoms with Crippen molar-refractivity contribution in [3.05, 3.63) is 0 Å². The zero-order chi connectivity index (χ0) is 12.2. The maximum atomic E-state index is 3.52. The third-order valence-electron chi connectivity index (χ3n) is 2.84. The number of unbranched alkanes of at least 4 members (excludes halogenated alkanes) is 1. The van der Waals surface area contributed by atoms with Crippen LogP contribution in [0.1, 0.15) is 40.0 Å². The largest absolute Gasteiger partial charge is 0.317 e. The Kier molecular flexibility index (Phi) is 11.9. The molecule has 1 N–H and O–H groups in total. The summed E-state index contributed by atoms with van der Waals surface area (Å²) in [5.41, 5.74) is 0. The molecule has 3 heteroatoms. The van der Waals surface area contributed by atoms with E-state index >= 15 is 0 Å². The van der Waals surface area contributed by atoms with Crippen molar-refractivity contribution in [1.82, 2.24) is 10.2 Å². The van der Waals surface area contributed by atoms with Crippen LogP contribution >= 0.6 is 11.8 Å². The first-order valence-electron chi connectivity index (χ1n) is 6.67. The van der Waals surface area contributed by atoms with Gasteiger partial charge >= 0.3 is 0 Å². The Bertz CT molecular complexity index is 140. The molecule has 0 unspecified atom stereocenters. The van der Waals surface area contributed by atoms with Crippen molar-refractivity contribution >= 4 is 11.8 Å². The van der Waals surface area contributed by atoms with Gasteiger partial charge in [0, 0.05) is 6.04 Å². The van der Waals surface area contributed by atoms with Crippen LogP contribution in [0.15, 0.2) is 0 Å². The van der Waals surface area contributed by atoms with Crippen LogP contribution < -0.4 is 5.32 Å². The molecule has 0 bridgehead atoms. The molecule has 0 aliphatic rings. The van der Waals surface area contributed by atoms with Gasteiger partial charge in [-0.15, -0.1) is 0 Å². The molecule has 0 saturated heterocycles. The topological polar surface area (TPSA) is 15.3 Å². The summed E-state index contributed by atoms with van der Waals surface area (Å²) in [6.07, 6.45) is 3.92. The molecule has 98 valence electrons. The average Bonchev–Trinajstić information content (AvgIpc) is 2.26. The fraction of sp³-hybridized carbons (Fsp3) is 1.00. The first kappa shape index (κ1) is 16.3. The fourth-order valence-corrected chi connectivity index (χ4v) is 2.08. The highest BCUT2D eigenvalue weighted by Crippen LogP contribution is 2.00. The molecule has 0 fully saturated rings. The van der Waals surface area contributed by atoms with Gasteiger partial charge in [0.15, 0.2) is 0 Å². The molecule has 16 heavy (non-hydrogen) atoms. The minimum absolute atomic E-state index is 0.680. The van der Waals surface area contributed by atoms with Gasteiger partial charge in [-0.3, -0.25) is 0 Å². The van der Waals surface area contributed by atoms with E-state index < -0.39 is 0 Å². The van der Waals surface area contributed by atoms with Crippen LogP contribution in [0.4, 0.5) is 0 Å². The van der Waals surface area contributed by atoms with E-state index in [-0.39, 0.29) is 0 Å². The Morgan fingerprint density at radius 2 is 1.81 bits per heavy atom. The van der Waals surface area contributed by atoms with Crippen LogP contribution in [0, 0.1) is 0 Å². The molecule has 0 aliphatic heterocycles. The summed E-state index contributed by atoms with van der Waals surface area (Å²) >= 11 is 2.04. The predicted octanol–water partition coefficient (Wildman–Crippen LogP) is 2.84. The maximum absolute atomic E-state index is 3.52. The summed E-state index contributed by atoms with van der Waals surface area (Å²) in [5, 5.41) is 3.52. The molecule has 2 nitrogen and oxygen atoms in total. The number of nitrogens with zero attached hydrogens (tertiary/aromatic N) is 1. The van der Waals surface area contributed by atoms with E-state index in [4.69, 9.17) is 0 Å². The van der Waals surface area contributed by atoms with Gasteiger partial charge in [0.25, 0.3) is 0 Å². The van der Waals surface area contributed by atoms with Crippen molar-refractivity contribution in [2.75, 3.05) is 38.2 Å². The molecule has 0 heterocycles. The van der Waals surface area contributed by atoms with Crippen LogP contribution in [-0.2, 0) is 0 Å². The molecule has 0 aromatic carbocycles. The first-order chi connectivity index (χ1) is 7.68. The Morgan fingerprint density at radius 3 is 2.44 bits per heavy atom. The zero-order valence-corrected chi connectivity index (χ0v) is 12.4. The third kappa shape index (κ3) is 10.8. The van der Waals surface area contributed by atoms with Crippen LogP contribution in [0.2, 0.25) is 0 Å². The predicted molar refractivity (Wildman–Crippen MR) is 77.5 cm³/mol. The second-order valence-electron chi connectivity index (χ2n) is 4.58. The Labute approximate surface area is 107 Å². The lowest BCUT2D eigenvalue weighted by Crippen LogP contribution is -2.28. The number of thioether (sulfide) groups is 1. The summed E-state index contributed by atoms with van der Waals surface area (Å²) in [6.45, 7) is 10.3. The molecule has 0 saturated carbocycles. The normalized spacial score (nSPS) is 11.6. The van der Waals surface area contributed by atoms with Gasteiger partial charge in [-0.2, -0.15) is 11.8 Å². The van der Waals surface area contributed by atoms with Gasteiger partial charge in [0.2, 0.25) is 0 Å². The Morgan fingerprint density at radius 1 is 1.12 bits per heavy atom. The number of hydrogen-bond donors (Lipinski definition) is 1. The quantitative estimate of drug-likeness (QED) is 0.564. The van der Waals surface area contributed by atoms with Crippen LogP contribution in [0.5, 0.6) is 0 Å². The molecular formula is C13H30N2S. The minimum Gasteiger partial charge on any atom is -0.317 e. The highest BCUT2D eigenvalue weighted by atomic mass is 32.2. The van der Waals surface area contributed by atoms with Gasteiger partial charge in [-0.05, 0) is 71.3 Å². The SMILES string of the molecule is CCSCCCNCCCCN(C)C(C)C. The first-order valence-corrected chi connectivity index (χ1v) is 7.82. The zero-order valence-electron chi connectivity index (χ0n) is 11.6. The van der Waals surface area contributed by atoms with E-state index in [2.05, 4.69) is 38.0 Å². The van der Waals surface area contributed by atoms with E-state index in [1.807, 2.05) is 11.8 Å².